The van der Waals surface area contributed by atoms with E-state index in [1.165, 1.54) is 11.3 Å². The number of carbonyl (C=O) groups is 1. The van der Waals surface area contributed by atoms with E-state index < -0.39 is 0 Å². The van der Waals surface area contributed by atoms with Gasteiger partial charge in [0.05, 0.1) is 5.56 Å². The molecule has 0 amide bonds. The molecule has 3 nitrogen and oxygen atoms in total. The number of para-hydroxylation sites is 1. The molecule has 0 radical (unpaired) electrons. The van der Waals surface area contributed by atoms with Crippen molar-refractivity contribution >= 4 is 28.0 Å². The van der Waals surface area contributed by atoms with E-state index in [0.717, 1.165) is 16.5 Å². The molecule has 84 valence electrons. The van der Waals surface area contributed by atoms with Gasteiger partial charge in [0.2, 0.25) is 5.78 Å². The summed E-state index contributed by atoms with van der Waals surface area (Å²) in [7, 11) is 1.95. The molecule has 0 spiro atoms. The zero-order valence-corrected chi connectivity index (χ0v) is 10.1. The third-order valence-corrected chi connectivity index (χ3v) is 3.54. The Morgan fingerprint density at radius 3 is 2.94 bits per heavy atom. The normalized spacial score (nSPS) is 10.9. The second kappa shape index (κ2) is 3.82. The Morgan fingerprint density at radius 2 is 2.18 bits per heavy atom. The van der Waals surface area contributed by atoms with Crippen LogP contribution in [0.4, 0.5) is 0 Å². The molecule has 0 aliphatic rings. The number of nitrogens with zero attached hydrogens (tertiary/aromatic N) is 2. The van der Waals surface area contributed by atoms with Crippen LogP contribution in [0.1, 0.15) is 15.4 Å². The fraction of sp³-hybridized carbons (Fsp3) is 0.0769. The summed E-state index contributed by atoms with van der Waals surface area (Å²) in [6.07, 6.45) is 3.53. The van der Waals surface area contributed by atoms with Crippen LogP contribution in [0.3, 0.4) is 0 Å². The number of hydrogen-bond acceptors (Lipinski definition) is 3. The first kappa shape index (κ1) is 10.2. The lowest BCUT2D eigenvalue weighted by atomic mass is 10.1. The summed E-state index contributed by atoms with van der Waals surface area (Å²) in [5.41, 5.74) is 1.78. The van der Waals surface area contributed by atoms with Gasteiger partial charge in [-0.15, -0.1) is 11.3 Å². The second-order valence-electron chi connectivity index (χ2n) is 3.84. The average molecular weight is 242 g/mol. The standard InChI is InChI=1S/C13H10N2OS/c1-15-8-10(9-4-2-3-5-11(9)15)12(16)13-14-6-7-17-13/h2-8H,1H3. The number of aromatic nitrogens is 2. The minimum absolute atomic E-state index is 0.00296. The first-order chi connectivity index (χ1) is 8.27. The van der Waals surface area contributed by atoms with Gasteiger partial charge in [-0.2, -0.15) is 0 Å². The molecule has 1 aromatic carbocycles. The van der Waals surface area contributed by atoms with Crippen molar-refractivity contribution in [2.24, 2.45) is 7.05 Å². The Kier molecular flexibility index (Phi) is 2.30. The molecule has 0 aliphatic carbocycles. The predicted octanol–water partition coefficient (Wildman–Crippen LogP) is 2.87. The van der Waals surface area contributed by atoms with E-state index >= 15 is 0 Å². The monoisotopic (exact) mass is 242 g/mol. The molecule has 0 bridgehead atoms. The highest BCUT2D eigenvalue weighted by Crippen LogP contribution is 2.23. The number of carbonyl (C=O) groups excluding carboxylic acids is 1. The molecular weight excluding hydrogens is 232 g/mol. The van der Waals surface area contributed by atoms with Crippen LogP contribution in [0.2, 0.25) is 0 Å². The maximum Gasteiger partial charge on any atom is 0.223 e. The van der Waals surface area contributed by atoms with Gasteiger partial charge < -0.3 is 4.57 Å². The molecular formula is C13H10N2OS. The van der Waals surface area contributed by atoms with Gasteiger partial charge in [0.15, 0.2) is 5.01 Å². The van der Waals surface area contributed by atoms with Crippen LogP contribution in [0, 0.1) is 0 Å². The van der Waals surface area contributed by atoms with E-state index in [1.807, 2.05) is 47.5 Å². The summed E-state index contributed by atoms with van der Waals surface area (Å²) in [6, 6.07) is 7.89. The van der Waals surface area contributed by atoms with Crippen molar-refractivity contribution in [3.8, 4) is 0 Å². The predicted molar refractivity (Wildman–Crippen MR) is 68.5 cm³/mol. The summed E-state index contributed by atoms with van der Waals surface area (Å²) in [5.74, 6) is -0.00296. The fourth-order valence-electron chi connectivity index (χ4n) is 1.97. The summed E-state index contributed by atoms with van der Waals surface area (Å²) >= 11 is 1.37. The number of aryl methyl sites for hydroxylation is 1. The smallest absolute Gasteiger partial charge is 0.223 e. The lowest BCUT2D eigenvalue weighted by Gasteiger charge is -1.94. The third kappa shape index (κ3) is 1.57. The summed E-state index contributed by atoms with van der Waals surface area (Å²) in [4.78, 5) is 16.3. The molecule has 0 fully saturated rings. The van der Waals surface area contributed by atoms with E-state index in [1.54, 1.807) is 6.20 Å². The fourth-order valence-corrected chi connectivity index (χ4v) is 2.56. The quantitative estimate of drug-likeness (QED) is 0.648. The first-order valence-corrected chi connectivity index (χ1v) is 6.13. The molecule has 2 aromatic heterocycles. The van der Waals surface area contributed by atoms with Gasteiger partial charge in [0.25, 0.3) is 0 Å². The molecule has 4 heteroatoms. The lowest BCUT2D eigenvalue weighted by Crippen LogP contribution is -1.99. The molecule has 0 unspecified atom stereocenters. The summed E-state index contributed by atoms with van der Waals surface area (Å²) < 4.78 is 1.97. The van der Waals surface area contributed by atoms with Gasteiger partial charge in [0, 0.05) is 35.7 Å². The van der Waals surface area contributed by atoms with Crippen LogP contribution in [-0.4, -0.2) is 15.3 Å². The Morgan fingerprint density at radius 1 is 1.35 bits per heavy atom. The van der Waals surface area contributed by atoms with E-state index in [-0.39, 0.29) is 5.78 Å². The summed E-state index contributed by atoms with van der Waals surface area (Å²) in [6.45, 7) is 0. The zero-order valence-electron chi connectivity index (χ0n) is 9.25. The number of thiazole rings is 1. The second-order valence-corrected chi connectivity index (χ2v) is 4.73. The van der Waals surface area contributed by atoms with Crippen LogP contribution in [0.25, 0.3) is 10.9 Å². The number of ketones is 1. The van der Waals surface area contributed by atoms with Gasteiger partial charge >= 0.3 is 0 Å². The van der Waals surface area contributed by atoms with Crippen molar-refractivity contribution in [2.75, 3.05) is 0 Å². The topological polar surface area (TPSA) is 34.9 Å². The van der Waals surface area contributed by atoms with Crippen molar-refractivity contribution in [3.05, 3.63) is 52.6 Å². The third-order valence-electron chi connectivity index (χ3n) is 2.77. The summed E-state index contributed by atoms with van der Waals surface area (Å²) in [5, 5.41) is 3.34. The number of hydrogen-bond donors (Lipinski definition) is 0. The number of fused-ring (bicyclic) bond motifs is 1. The first-order valence-electron chi connectivity index (χ1n) is 5.25. The molecule has 0 saturated carbocycles. The van der Waals surface area contributed by atoms with Gasteiger partial charge in [-0.3, -0.25) is 4.79 Å². The zero-order chi connectivity index (χ0) is 11.8. The van der Waals surface area contributed by atoms with Gasteiger partial charge in [-0.05, 0) is 6.07 Å². The Hall–Kier alpha value is -1.94. The van der Waals surface area contributed by atoms with Gasteiger partial charge in [0.1, 0.15) is 0 Å². The number of benzene rings is 1. The molecule has 0 N–H and O–H groups in total. The van der Waals surface area contributed by atoms with Crippen LogP contribution < -0.4 is 0 Å². The molecule has 3 rings (SSSR count). The molecule has 3 aromatic rings. The SMILES string of the molecule is Cn1cc(C(=O)c2nccs2)c2ccccc21. The molecule has 0 aliphatic heterocycles. The Bertz CT molecular complexity index is 683. The van der Waals surface area contributed by atoms with Crippen molar-refractivity contribution < 1.29 is 4.79 Å². The van der Waals surface area contributed by atoms with Gasteiger partial charge in [-0.25, -0.2) is 4.98 Å². The van der Waals surface area contributed by atoms with E-state index in [0.29, 0.717) is 5.01 Å². The minimum Gasteiger partial charge on any atom is -0.350 e. The highest BCUT2D eigenvalue weighted by Gasteiger charge is 2.16. The molecule has 2 heterocycles. The number of rotatable bonds is 2. The van der Waals surface area contributed by atoms with Gasteiger partial charge in [-0.1, -0.05) is 18.2 Å². The highest BCUT2D eigenvalue weighted by molar-refractivity contribution is 7.11. The molecule has 0 saturated heterocycles. The maximum absolute atomic E-state index is 12.3. The molecule has 0 atom stereocenters. The largest absolute Gasteiger partial charge is 0.350 e. The van der Waals surface area contributed by atoms with Crippen molar-refractivity contribution in [1.82, 2.24) is 9.55 Å². The molecule has 17 heavy (non-hydrogen) atoms. The van der Waals surface area contributed by atoms with E-state index in [9.17, 15) is 4.79 Å². The van der Waals surface area contributed by atoms with Crippen molar-refractivity contribution in [2.45, 2.75) is 0 Å². The lowest BCUT2D eigenvalue weighted by molar-refractivity contribution is 0.104. The van der Waals surface area contributed by atoms with Crippen LogP contribution >= 0.6 is 11.3 Å². The minimum atomic E-state index is -0.00296. The Balaban J connectivity index is 2.22. The average Bonchev–Trinajstić information content (AvgIpc) is 2.97. The van der Waals surface area contributed by atoms with E-state index in [4.69, 9.17) is 0 Å². The van der Waals surface area contributed by atoms with Crippen LogP contribution in [0.5, 0.6) is 0 Å². The Labute approximate surface area is 102 Å². The van der Waals surface area contributed by atoms with E-state index in [2.05, 4.69) is 4.98 Å². The van der Waals surface area contributed by atoms with Crippen LogP contribution in [-0.2, 0) is 7.05 Å². The maximum atomic E-state index is 12.3. The highest BCUT2D eigenvalue weighted by atomic mass is 32.1. The van der Waals surface area contributed by atoms with Crippen molar-refractivity contribution in [1.29, 1.82) is 0 Å². The van der Waals surface area contributed by atoms with Crippen LogP contribution in [0.15, 0.2) is 42.0 Å². The van der Waals surface area contributed by atoms with Crippen molar-refractivity contribution in [3.63, 3.8) is 0 Å².